The molecule has 0 aliphatic carbocycles. The van der Waals surface area contributed by atoms with Gasteiger partial charge in [-0.05, 0) is 18.9 Å². The number of unbranched alkanes of at least 4 members (excludes halogenated alkanes) is 1. The first-order valence-corrected chi connectivity index (χ1v) is 4.72. The summed E-state index contributed by atoms with van der Waals surface area (Å²) >= 11 is 0. The van der Waals surface area contributed by atoms with Crippen molar-refractivity contribution in [2.45, 2.75) is 45.3 Å². The molecule has 70 valence electrons. The van der Waals surface area contributed by atoms with Crippen LogP contribution in [-0.4, -0.2) is 23.9 Å². The van der Waals surface area contributed by atoms with E-state index in [1.165, 1.54) is 12.8 Å². The van der Waals surface area contributed by atoms with Crippen molar-refractivity contribution in [3.05, 3.63) is 11.6 Å². The molecule has 0 bridgehead atoms. The molecule has 2 atom stereocenters. The van der Waals surface area contributed by atoms with Gasteiger partial charge in [0.2, 0.25) is 0 Å². The Balaban J connectivity index is 2.37. The van der Waals surface area contributed by atoms with Crippen molar-refractivity contribution in [1.82, 2.24) is 0 Å². The summed E-state index contributed by atoms with van der Waals surface area (Å²) in [6, 6.07) is 0. The lowest BCUT2D eigenvalue weighted by Gasteiger charge is -2.24. The third-order valence-electron chi connectivity index (χ3n) is 2.28. The molecule has 12 heavy (non-hydrogen) atoms. The molecule has 0 unspecified atom stereocenters. The van der Waals surface area contributed by atoms with Gasteiger partial charge in [-0.3, -0.25) is 0 Å². The molecule has 0 radical (unpaired) electrons. The Morgan fingerprint density at radius 1 is 1.67 bits per heavy atom. The van der Waals surface area contributed by atoms with Crippen LogP contribution in [-0.2, 0) is 4.74 Å². The molecule has 1 heterocycles. The van der Waals surface area contributed by atoms with Gasteiger partial charge in [-0.15, -0.1) is 0 Å². The van der Waals surface area contributed by atoms with Crippen molar-refractivity contribution >= 4 is 0 Å². The lowest BCUT2D eigenvalue weighted by atomic mass is 10.0. The van der Waals surface area contributed by atoms with Crippen LogP contribution in [0.2, 0.25) is 0 Å². The van der Waals surface area contributed by atoms with Crippen LogP contribution in [0.15, 0.2) is 11.6 Å². The predicted octanol–water partition coefficient (Wildman–Crippen LogP) is 1.88. The summed E-state index contributed by atoms with van der Waals surface area (Å²) in [4.78, 5) is 0. The van der Waals surface area contributed by atoms with Crippen molar-refractivity contribution in [1.29, 1.82) is 0 Å². The smallest absolute Gasteiger partial charge is 0.0982 e. The van der Waals surface area contributed by atoms with Crippen LogP contribution in [0, 0.1) is 0 Å². The zero-order chi connectivity index (χ0) is 8.97. The predicted molar refractivity (Wildman–Crippen MR) is 49.0 cm³/mol. The topological polar surface area (TPSA) is 29.5 Å². The highest BCUT2D eigenvalue weighted by atomic mass is 16.5. The summed E-state index contributed by atoms with van der Waals surface area (Å²) in [5.41, 5.74) is 1.06. The van der Waals surface area contributed by atoms with Gasteiger partial charge in [0.1, 0.15) is 0 Å². The van der Waals surface area contributed by atoms with Gasteiger partial charge in [0.15, 0.2) is 0 Å². The van der Waals surface area contributed by atoms with Crippen molar-refractivity contribution < 1.29 is 9.84 Å². The molecule has 0 spiro atoms. The summed E-state index contributed by atoms with van der Waals surface area (Å²) in [6.45, 7) is 4.61. The molecule has 0 fully saturated rings. The summed E-state index contributed by atoms with van der Waals surface area (Å²) < 4.78 is 5.44. The summed E-state index contributed by atoms with van der Waals surface area (Å²) in [5, 5.41) is 9.33. The van der Waals surface area contributed by atoms with E-state index in [0.717, 1.165) is 12.0 Å². The molecular weight excluding hydrogens is 152 g/mol. The molecule has 2 heteroatoms. The third-order valence-corrected chi connectivity index (χ3v) is 2.28. The molecule has 0 saturated carbocycles. The Bertz CT molecular complexity index is 163. The van der Waals surface area contributed by atoms with E-state index in [4.69, 9.17) is 4.74 Å². The summed E-state index contributed by atoms with van der Waals surface area (Å²) in [5.74, 6) is 0. The fourth-order valence-electron chi connectivity index (χ4n) is 1.37. The molecule has 1 aliphatic heterocycles. The zero-order valence-electron chi connectivity index (χ0n) is 7.92. The highest BCUT2D eigenvalue weighted by Crippen LogP contribution is 2.16. The van der Waals surface area contributed by atoms with Gasteiger partial charge < -0.3 is 9.84 Å². The molecule has 1 rings (SSSR count). The van der Waals surface area contributed by atoms with Gasteiger partial charge in [0, 0.05) is 0 Å². The average Bonchev–Trinajstić information content (AvgIpc) is 2.07. The van der Waals surface area contributed by atoms with E-state index < -0.39 is 0 Å². The van der Waals surface area contributed by atoms with Crippen molar-refractivity contribution in [2.75, 3.05) is 6.61 Å². The Morgan fingerprint density at radius 2 is 2.42 bits per heavy atom. The van der Waals surface area contributed by atoms with Crippen LogP contribution in [0.3, 0.4) is 0 Å². The van der Waals surface area contributed by atoms with Crippen molar-refractivity contribution in [3.63, 3.8) is 0 Å². The van der Waals surface area contributed by atoms with Gasteiger partial charge in [0.25, 0.3) is 0 Å². The van der Waals surface area contributed by atoms with Crippen molar-refractivity contribution in [3.8, 4) is 0 Å². The van der Waals surface area contributed by atoms with E-state index in [2.05, 4.69) is 6.92 Å². The molecule has 0 aromatic heterocycles. The van der Waals surface area contributed by atoms with Crippen molar-refractivity contribution in [2.24, 2.45) is 0 Å². The largest absolute Gasteiger partial charge is 0.386 e. The van der Waals surface area contributed by atoms with Gasteiger partial charge in [-0.25, -0.2) is 0 Å². The number of aliphatic hydroxyl groups excluding tert-OH is 1. The number of rotatable bonds is 3. The highest BCUT2D eigenvalue weighted by Gasteiger charge is 2.17. The average molecular weight is 170 g/mol. The minimum absolute atomic E-state index is 0.244. The Labute approximate surface area is 74.2 Å². The maximum Gasteiger partial charge on any atom is 0.0982 e. The molecular formula is C10H18O2. The van der Waals surface area contributed by atoms with E-state index in [-0.39, 0.29) is 12.2 Å². The van der Waals surface area contributed by atoms with Crippen LogP contribution in [0.5, 0.6) is 0 Å². The van der Waals surface area contributed by atoms with E-state index in [9.17, 15) is 5.11 Å². The standard InChI is InChI=1S/C10H18O2/c1-3-4-5-9-6-8(2)10(11)7-12-9/h6,9-11H,3-5,7H2,1-2H3/t9-,10+/m0/s1. The van der Waals surface area contributed by atoms with E-state index in [1.54, 1.807) is 0 Å². The zero-order valence-corrected chi connectivity index (χ0v) is 7.92. The number of aliphatic hydroxyl groups is 1. The van der Waals surface area contributed by atoms with Crippen LogP contribution in [0.25, 0.3) is 0 Å². The monoisotopic (exact) mass is 170 g/mol. The second-order valence-corrected chi connectivity index (χ2v) is 3.44. The van der Waals surface area contributed by atoms with E-state index in [1.807, 2.05) is 13.0 Å². The van der Waals surface area contributed by atoms with Crippen LogP contribution in [0.1, 0.15) is 33.1 Å². The first-order valence-electron chi connectivity index (χ1n) is 4.72. The summed E-state index contributed by atoms with van der Waals surface area (Å²) in [7, 11) is 0. The number of hydrogen-bond donors (Lipinski definition) is 1. The molecule has 1 aliphatic rings. The Hall–Kier alpha value is -0.340. The van der Waals surface area contributed by atoms with Crippen LogP contribution in [0.4, 0.5) is 0 Å². The normalized spacial score (nSPS) is 30.1. The lowest BCUT2D eigenvalue weighted by molar-refractivity contribution is 0.00517. The Morgan fingerprint density at radius 3 is 3.00 bits per heavy atom. The van der Waals surface area contributed by atoms with Gasteiger partial charge >= 0.3 is 0 Å². The number of ether oxygens (including phenoxy) is 1. The molecule has 0 aromatic carbocycles. The highest BCUT2D eigenvalue weighted by molar-refractivity contribution is 5.10. The minimum Gasteiger partial charge on any atom is -0.386 e. The SMILES string of the molecule is CCCC[C@H]1C=C(C)[C@H](O)CO1. The second kappa shape index (κ2) is 4.63. The first kappa shape index (κ1) is 9.75. The molecule has 2 nitrogen and oxygen atoms in total. The van der Waals surface area contributed by atoms with Crippen LogP contribution < -0.4 is 0 Å². The third kappa shape index (κ3) is 2.61. The maximum absolute atomic E-state index is 9.33. The number of hydrogen-bond acceptors (Lipinski definition) is 2. The summed E-state index contributed by atoms with van der Waals surface area (Å²) in [6.07, 6.45) is 5.40. The molecule has 0 aromatic rings. The Kier molecular flexibility index (Phi) is 3.76. The molecule has 1 N–H and O–H groups in total. The second-order valence-electron chi connectivity index (χ2n) is 3.44. The van der Waals surface area contributed by atoms with Crippen LogP contribution >= 0.6 is 0 Å². The van der Waals surface area contributed by atoms with E-state index in [0.29, 0.717) is 6.61 Å². The minimum atomic E-state index is -0.372. The quantitative estimate of drug-likeness (QED) is 0.655. The molecule has 0 amide bonds. The fourth-order valence-corrected chi connectivity index (χ4v) is 1.37. The van der Waals surface area contributed by atoms with Gasteiger partial charge in [-0.2, -0.15) is 0 Å². The fraction of sp³-hybridized carbons (Fsp3) is 0.800. The molecule has 0 saturated heterocycles. The lowest BCUT2D eigenvalue weighted by Crippen LogP contribution is -2.27. The van der Waals surface area contributed by atoms with E-state index >= 15 is 0 Å². The maximum atomic E-state index is 9.33. The van der Waals surface area contributed by atoms with Gasteiger partial charge in [0.05, 0.1) is 18.8 Å². The first-order chi connectivity index (χ1) is 5.74. The van der Waals surface area contributed by atoms with Gasteiger partial charge in [-0.1, -0.05) is 25.8 Å².